The van der Waals surface area contributed by atoms with Gasteiger partial charge in [-0.05, 0) is 31.4 Å². The number of ether oxygens (including phenoxy) is 1. The van der Waals surface area contributed by atoms with E-state index < -0.39 is 0 Å². The van der Waals surface area contributed by atoms with Gasteiger partial charge in [-0.15, -0.1) is 0 Å². The lowest BCUT2D eigenvalue weighted by Gasteiger charge is -2.21. The van der Waals surface area contributed by atoms with Gasteiger partial charge < -0.3 is 15.4 Å². The first-order valence-electron chi connectivity index (χ1n) is 7.46. The van der Waals surface area contributed by atoms with E-state index in [-0.39, 0.29) is 11.8 Å². The molecule has 1 heterocycles. The molecule has 20 heavy (non-hydrogen) atoms. The zero-order valence-corrected chi connectivity index (χ0v) is 11.9. The third-order valence-electron chi connectivity index (χ3n) is 3.54. The minimum absolute atomic E-state index is 0.147. The fraction of sp³-hybridized carbons (Fsp3) is 0.562. The highest BCUT2D eigenvalue weighted by atomic mass is 16.5. The van der Waals surface area contributed by atoms with Gasteiger partial charge >= 0.3 is 0 Å². The summed E-state index contributed by atoms with van der Waals surface area (Å²) in [4.78, 5) is 11.9. The summed E-state index contributed by atoms with van der Waals surface area (Å²) in [6.07, 6.45) is 2.96. The molecule has 1 aliphatic heterocycles. The number of hydrogen-bond acceptors (Lipinski definition) is 3. The van der Waals surface area contributed by atoms with Crippen molar-refractivity contribution in [2.45, 2.75) is 25.9 Å². The molecule has 4 nitrogen and oxygen atoms in total. The zero-order valence-electron chi connectivity index (χ0n) is 11.9. The quantitative estimate of drug-likeness (QED) is 0.745. The van der Waals surface area contributed by atoms with Crippen LogP contribution in [-0.2, 0) is 16.1 Å². The highest BCUT2D eigenvalue weighted by Crippen LogP contribution is 2.09. The van der Waals surface area contributed by atoms with Crippen LogP contribution in [-0.4, -0.2) is 32.1 Å². The third kappa shape index (κ3) is 5.31. The summed E-state index contributed by atoms with van der Waals surface area (Å²) in [5, 5.41) is 6.25. The predicted octanol–water partition coefficient (Wildman–Crippen LogP) is 1.71. The van der Waals surface area contributed by atoms with Gasteiger partial charge in [0.1, 0.15) is 0 Å². The van der Waals surface area contributed by atoms with E-state index in [1.807, 2.05) is 18.2 Å². The van der Waals surface area contributed by atoms with Gasteiger partial charge in [0, 0.05) is 19.7 Å². The van der Waals surface area contributed by atoms with Gasteiger partial charge in [-0.3, -0.25) is 4.79 Å². The van der Waals surface area contributed by atoms with Crippen LogP contribution in [0.3, 0.4) is 0 Å². The first-order valence-corrected chi connectivity index (χ1v) is 7.46. The van der Waals surface area contributed by atoms with Crippen LogP contribution in [0.25, 0.3) is 0 Å². The van der Waals surface area contributed by atoms with Crippen molar-refractivity contribution in [1.29, 1.82) is 0 Å². The topological polar surface area (TPSA) is 50.4 Å². The molecule has 1 saturated heterocycles. The molecule has 0 spiro atoms. The first kappa shape index (κ1) is 15.0. The van der Waals surface area contributed by atoms with Crippen molar-refractivity contribution in [3.8, 4) is 0 Å². The van der Waals surface area contributed by atoms with Gasteiger partial charge in [-0.1, -0.05) is 30.3 Å². The van der Waals surface area contributed by atoms with E-state index in [1.54, 1.807) is 0 Å². The zero-order chi connectivity index (χ0) is 14.0. The Kier molecular flexibility index (Phi) is 6.54. The number of hydrogen-bond donors (Lipinski definition) is 2. The summed E-state index contributed by atoms with van der Waals surface area (Å²) < 4.78 is 5.58. The SMILES string of the molecule is O=C(NCCCOCc1ccccc1)[C@H]1CCCNC1. The summed E-state index contributed by atoms with van der Waals surface area (Å²) in [6.45, 7) is 3.87. The molecule has 1 amide bonds. The lowest BCUT2D eigenvalue weighted by molar-refractivity contribution is -0.125. The highest BCUT2D eigenvalue weighted by molar-refractivity contribution is 5.78. The molecule has 0 aliphatic carbocycles. The number of carbonyl (C=O) groups is 1. The summed E-state index contributed by atoms with van der Waals surface area (Å²) in [7, 11) is 0. The number of piperidine rings is 1. The fourth-order valence-corrected chi connectivity index (χ4v) is 2.37. The molecule has 2 N–H and O–H groups in total. The Morgan fingerprint density at radius 2 is 2.20 bits per heavy atom. The Morgan fingerprint density at radius 1 is 1.35 bits per heavy atom. The molecule has 1 fully saturated rings. The molecule has 0 saturated carbocycles. The molecule has 0 radical (unpaired) electrons. The van der Waals surface area contributed by atoms with E-state index in [0.717, 1.165) is 32.4 Å². The Balaban J connectivity index is 1.50. The standard InChI is InChI=1S/C16H24N2O2/c19-16(15-8-4-9-17-12-15)18-10-5-11-20-13-14-6-2-1-3-7-14/h1-3,6-7,15,17H,4-5,8-13H2,(H,18,19)/t15-/m0/s1. The Hall–Kier alpha value is -1.39. The lowest BCUT2D eigenvalue weighted by Crippen LogP contribution is -2.40. The minimum atomic E-state index is 0.147. The van der Waals surface area contributed by atoms with Crippen LogP contribution in [0, 0.1) is 5.92 Å². The van der Waals surface area contributed by atoms with E-state index in [0.29, 0.717) is 19.8 Å². The van der Waals surface area contributed by atoms with E-state index in [1.165, 1.54) is 5.56 Å². The van der Waals surface area contributed by atoms with Gasteiger partial charge in [0.2, 0.25) is 5.91 Å². The normalized spacial score (nSPS) is 18.7. The van der Waals surface area contributed by atoms with Crippen molar-refractivity contribution in [3.05, 3.63) is 35.9 Å². The van der Waals surface area contributed by atoms with Crippen molar-refractivity contribution >= 4 is 5.91 Å². The number of amides is 1. The number of nitrogens with one attached hydrogen (secondary N) is 2. The molecule has 4 heteroatoms. The second kappa shape index (κ2) is 8.72. The maximum Gasteiger partial charge on any atom is 0.224 e. The van der Waals surface area contributed by atoms with E-state index in [4.69, 9.17) is 4.74 Å². The van der Waals surface area contributed by atoms with Crippen LogP contribution in [0.1, 0.15) is 24.8 Å². The molecule has 1 aromatic carbocycles. The molecular formula is C16H24N2O2. The summed E-state index contributed by atoms with van der Waals surface area (Å²) in [5.41, 5.74) is 1.19. The average molecular weight is 276 g/mol. The van der Waals surface area contributed by atoms with Crippen molar-refractivity contribution in [2.75, 3.05) is 26.2 Å². The Bertz CT molecular complexity index is 389. The van der Waals surface area contributed by atoms with Crippen LogP contribution in [0.2, 0.25) is 0 Å². The van der Waals surface area contributed by atoms with E-state index in [9.17, 15) is 4.79 Å². The monoisotopic (exact) mass is 276 g/mol. The lowest BCUT2D eigenvalue weighted by atomic mass is 9.99. The molecule has 2 rings (SSSR count). The second-order valence-electron chi connectivity index (χ2n) is 5.23. The molecule has 1 aliphatic rings. The Labute approximate surface area is 120 Å². The molecule has 1 aromatic rings. The van der Waals surface area contributed by atoms with Crippen LogP contribution >= 0.6 is 0 Å². The second-order valence-corrected chi connectivity index (χ2v) is 5.23. The van der Waals surface area contributed by atoms with Gasteiger partial charge in [-0.2, -0.15) is 0 Å². The molecular weight excluding hydrogens is 252 g/mol. The van der Waals surface area contributed by atoms with E-state index >= 15 is 0 Å². The molecule has 110 valence electrons. The number of carbonyl (C=O) groups excluding carboxylic acids is 1. The fourth-order valence-electron chi connectivity index (χ4n) is 2.37. The van der Waals surface area contributed by atoms with Gasteiger partial charge in [0.15, 0.2) is 0 Å². The molecule has 0 aromatic heterocycles. The van der Waals surface area contributed by atoms with Crippen molar-refractivity contribution in [2.24, 2.45) is 5.92 Å². The summed E-state index contributed by atoms with van der Waals surface area (Å²) >= 11 is 0. The molecule has 0 unspecified atom stereocenters. The van der Waals surface area contributed by atoms with Crippen molar-refractivity contribution in [1.82, 2.24) is 10.6 Å². The number of benzene rings is 1. The average Bonchev–Trinajstić information content (AvgIpc) is 2.52. The van der Waals surface area contributed by atoms with Crippen LogP contribution in [0.4, 0.5) is 0 Å². The van der Waals surface area contributed by atoms with E-state index in [2.05, 4.69) is 22.8 Å². The third-order valence-corrected chi connectivity index (χ3v) is 3.54. The van der Waals surface area contributed by atoms with Crippen LogP contribution < -0.4 is 10.6 Å². The van der Waals surface area contributed by atoms with Gasteiger partial charge in [0.05, 0.1) is 12.5 Å². The smallest absolute Gasteiger partial charge is 0.224 e. The van der Waals surface area contributed by atoms with Gasteiger partial charge in [0.25, 0.3) is 0 Å². The van der Waals surface area contributed by atoms with Gasteiger partial charge in [-0.25, -0.2) is 0 Å². The van der Waals surface area contributed by atoms with Crippen LogP contribution in [0.15, 0.2) is 30.3 Å². The Morgan fingerprint density at radius 3 is 2.95 bits per heavy atom. The largest absolute Gasteiger partial charge is 0.377 e. The van der Waals surface area contributed by atoms with Crippen LogP contribution in [0.5, 0.6) is 0 Å². The summed E-state index contributed by atoms with van der Waals surface area (Å²) in [6, 6.07) is 10.1. The molecule has 0 bridgehead atoms. The van der Waals surface area contributed by atoms with Crippen molar-refractivity contribution in [3.63, 3.8) is 0 Å². The summed E-state index contributed by atoms with van der Waals surface area (Å²) in [5.74, 6) is 0.328. The first-order chi connectivity index (χ1) is 9.86. The highest BCUT2D eigenvalue weighted by Gasteiger charge is 2.19. The predicted molar refractivity (Wildman–Crippen MR) is 79.3 cm³/mol. The minimum Gasteiger partial charge on any atom is -0.377 e. The number of rotatable bonds is 7. The van der Waals surface area contributed by atoms with Crippen molar-refractivity contribution < 1.29 is 9.53 Å². The maximum absolute atomic E-state index is 11.9. The molecule has 1 atom stereocenters. The maximum atomic E-state index is 11.9.